The molecule has 0 aliphatic rings. The lowest BCUT2D eigenvalue weighted by atomic mass is 10.1. The van der Waals surface area contributed by atoms with Crippen LogP contribution < -0.4 is 0 Å². The van der Waals surface area contributed by atoms with Crippen molar-refractivity contribution in [1.82, 2.24) is 4.98 Å². The number of thioether (sulfide) groups is 3. The summed E-state index contributed by atoms with van der Waals surface area (Å²) in [6.07, 6.45) is 8.79. The predicted octanol–water partition coefficient (Wildman–Crippen LogP) is 3.43. The fourth-order valence-corrected chi connectivity index (χ4v) is 2.82. The van der Waals surface area contributed by atoms with E-state index in [4.69, 9.17) is 5.26 Å². The Balaban J connectivity index is 3.08. The van der Waals surface area contributed by atoms with E-state index in [0.29, 0.717) is 16.2 Å². The molecule has 0 aliphatic heterocycles. The van der Waals surface area contributed by atoms with Crippen LogP contribution in [0.25, 0.3) is 0 Å². The smallest absolute Gasteiger partial charge is 0.189 e. The standard InChI is InChI=1S/C12H12N2OS3/c1-16-11(17-2)5-10(15)9-4-8(6-13)12(18-3)14-7-9/h4-5,7H,1-3H3. The third-order valence-corrected chi connectivity index (χ3v) is 4.85. The van der Waals surface area contributed by atoms with Gasteiger partial charge in [-0.05, 0) is 24.8 Å². The summed E-state index contributed by atoms with van der Waals surface area (Å²) in [4.78, 5) is 16.1. The fraction of sp³-hybridized carbons (Fsp3) is 0.250. The second-order valence-electron chi connectivity index (χ2n) is 3.13. The second kappa shape index (κ2) is 7.52. The van der Waals surface area contributed by atoms with Gasteiger partial charge in [-0.2, -0.15) is 5.26 Å². The molecule has 0 N–H and O–H groups in total. The number of nitrogens with zero attached hydrogens (tertiary/aromatic N) is 2. The van der Waals surface area contributed by atoms with E-state index < -0.39 is 0 Å². The van der Waals surface area contributed by atoms with Crippen molar-refractivity contribution in [1.29, 1.82) is 5.26 Å². The van der Waals surface area contributed by atoms with Crippen molar-refractivity contribution in [3.63, 3.8) is 0 Å². The molecule has 1 heterocycles. The molecule has 0 saturated carbocycles. The molecule has 94 valence electrons. The van der Waals surface area contributed by atoms with Gasteiger partial charge in [0.1, 0.15) is 11.1 Å². The van der Waals surface area contributed by atoms with E-state index in [1.54, 1.807) is 12.1 Å². The average molecular weight is 296 g/mol. The third-order valence-electron chi connectivity index (χ3n) is 2.10. The molecule has 1 aromatic heterocycles. The highest BCUT2D eigenvalue weighted by atomic mass is 32.2. The molecule has 1 aromatic rings. The third kappa shape index (κ3) is 3.80. The van der Waals surface area contributed by atoms with E-state index in [-0.39, 0.29) is 5.78 Å². The molecular formula is C12H12N2OS3. The average Bonchev–Trinajstić information content (AvgIpc) is 2.43. The second-order valence-corrected chi connectivity index (χ2v) is 5.88. The Hall–Kier alpha value is -0.900. The van der Waals surface area contributed by atoms with E-state index in [0.717, 1.165) is 4.24 Å². The Labute approximate surface area is 119 Å². The van der Waals surface area contributed by atoms with Crippen molar-refractivity contribution >= 4 is 41.1 Å². The highest BCUT2D eigenvalue weighted by Crippen LogP contribution is 2.24. The van der Waals surface area contributed by atoms with E-state index in [1.165, 1.54) is 41.5 Å². The van der Waals surface area contributed by atoms with Gasteiger partial charge in [0.25, 0.3) is 0 Å². The summed E-state index contributed by atoms with van der Waals surface area (Å²) < 4.78 is 0.937. The van der Waals surface area contributed by atoms with Gasteiger partial charge in [-0.3, -0.25) is 4.79 Å². The maximum absolute atomic E-state index is 12.0. The first-order valence-corrected chi connectivity index (χ1v) is 8.61. The number of hydrogen-bond acceptors (Lipinski definition) is 6. The fourth-order valence-electron chi connectivity index (χ4n) is 1.22. The molecular weight excluding hydrogens is 284 g/mol. The molecule has 0 bridgehead atoms. The SMILES string of the molecule is CSC(=CC(=O)c1cnc(SC)c(C#N)c1)SC. The summed E-state index contributed by atoms with van der Waals surface area (Å²) in [6.45, 7) is 0. The minimum absolute atomic E-state index is 0.120. The van der Waals surface area contributed by atoms with Gasteiger partial charge in [0.05, 0.1) is 5.56 Å². The summed E-state index contributed by atoms with van der Waals surface area (Å²) in [5, 5.41) is 9.64. The van der Waals surface area contributed by atoms with E-state index in [1.807, 2.05) is 18.8 Å². The Bertz CT molecular complexity index is 515. The molecule has 3 nitrogen and oxygen atoms in total. The number of ketones is 1. The first-order chi connectivity index (χ1) is 8.65. The molecule has 0 fully saturated rings. The maximum Gasteiger partial charge on any atom is 0.189 e. The quantitative estimate of drug-likeness (QED) is 0.471. The Morgan fingerprint density at radius 1 is 1.39 bits per heavy atom. The van der Waals surface area contributed by atoms with E-state index >= 15 is 0 Å². The van der Waals surface area contributed by atoms with Gasteiger partial charge in [0.15, 0.2) is 5.78 Å². The van der Waals surface area contributed by atoms with E-state index in [9.17, 15) is 4.79 Å². The van der Waals surface area contributed by atoms with Crippen LogP contribution in [0.2, 0.25) is 0 Å². The number of rotatable bonds is 5. The van der Waals surface area contributed by atoms with Crippen molar-refractivity contribution in [3.8, 4) is 6.07 Å². The van der Waals surface area contributed by atoms with Crippen LogP contribution in [0.5, 0.6) is 0 Å². The molecule has 0 saturated heterocycles. The summed E-state index contributed by atoms with van der Waals surface area (Å²) in [7, 11) is 0. The zero-order valence-electron chi connectivity index (χ0n) is 10.3. The van der Waals surface area contributed by atoms with Crippen LogP contribution in [-0.2, 0) is 0 Å². The summed E-state index contributed by atoms with van der Waals surface area (Å²) in [5.74, 6) is -0.120. The van der Waals surface area contributed by atoms with Crippen LogP contribution >= 0.6 is 35.3 Å². The molecule has 18 heavy (non-hydrogen) atoms. The maximum atomic E-state index is 12.0. The largest absolute Gasteiger partial charge is 0.289 e. The number of nitriles is 1. The summed E-state index contributed by atoms with van der Waals surface area (Å²) in [5.41, 5.74) is 0.890. The molecule has 0 amide bonds. The van der Waals surface area contributed by atoms with Gasteiger partial charge < -0.3 is 0 Å². The lowest BCUT2D eigenvalue weighted by Crippen LogP contribution is -1.98. The molecule has 0 radical (unpaired) electrons. The van der Waals surface area contributed by atoms with Crippen molar-refractivity contribution in [2.24, 2.45) is 0 Å². The van der Waals surface area contributed by atoms with Gasteiger partial charge in [0, 0.05) is 22.1 Å². The minimum Gasteiger partial charge on any atom is -0.289 e. The number of pyridine rings is 1. The highest BCUT2D eigenvalue weighted by Gasteiger charge is 2.09. The van der Waals surface area contributed by atoms with Gasteiger partial charge in [-0.1, -0.05) is 0 Å². The summed E-state index contributed by atoms with van der Waals surface area (Å²) >= 11 is 4.44. The molecule has 0 unspecified atom stereocenters. The zero-order valence-corrected chi connectivity index (χ0v) is 12.7. The molecule has 0 spiro atoms. The van der Waals surface area contributed by atoms with E-state index in [2.05, 4.69) is 11.1 Å². The zero-order chi connectivity index (χ0) is 13.5. The Kier molecular flexibility index (Phi) is 6.33. The molecule has 0 atom stereocenters. The topological polar surface area (TPSA) is 53.8 Å². The van der Waals surface area contributed by atoms with Crippen molar-refractivity contribution < 1.29 is 4.79 Å². The molecule has 1 rings (SSSR count). The van der Waals surface area contributed by atoms with Crippen LogP contribution in [-0.4, -0.2) is 29.5 Å². The predicted molar refractivity (Wildman–Crippen MR) is 80.2 cm³/mol. The summed E-state index contributed by atoms with van der Waals surface area (Å²) in [6, 6.07) is 3.65. The number of aromatic nitrogens is 1. The van der Waals surface area contributed by atoms with Crippen LogP contribution in [0.15, 0.2) is 27.6 Å². The normalized spacial score (nSPS) is 9.67. The Morgan fingerprint density at radius 3 is 2.56 bits per heavy atom. The van der Waals surface area contributed by atoms with Gasteiger partial charge in [0.2, 0.25) is 0 Å². The van der Waals surface area contributed by atoms with Crippen molar-refractivity contribution in [2.75, 3.05) is 18.8 Å². The van der Waals surface area contributed by atoms with Gasteiger partial charge in [-0.25, -0.2) is 4.98 Å². The van der Waals surface area contributed by atoms with Crippen molar-refractivity contribution in [2.45, 2.75) is 5.03 Å². The monoisotopic (exact) mass is 296 g/mol. The van der Waals surface area contributed by atoms with Crippen LogP contribution in [0, 0.1) is 11.3 Å². The Morgan fingerprint density at radius 2 is 2.06 bits per heavy atom. The van der Waals surface area contributed by atoms with Crippen LogP contribution in [0.1, 0.15) is 15.9 Å². The molecule has 0 aliphatic carbocycles. The van der Waals surface area contributed by atoms with Gasteiger partial charge in [-0.15, -0.1) is 35.3 Å². The molecule has 0 aromatic carbocycles. The van der Waals surface area contributed by atoms with Gasteiger partial charge >= 0.3 is 0 Å². The lowest BCUT2D eigenvalue weighted by molar-refractivity contribution is 0.104. The number of carbonyl (C=O) groups is 1. The van der Waals surface area contributed by atoms with Crippen LogP contribution in [0.4, 0.5) is 0 Å². The molecule has 6 heteroatoms. The number of allylic oxidation sites excluding steroid dienone is 1. The first kappa shape index (κ1) is 15.2. The lowest BCUT2D eigenvalue weighted by Gasteiger charge is -2.02. The van der Waals surface area contributed by atoms with Crippen molar-refractivity contribution in [3.05, 3.63) is 33.7 Å². The van der Waals surface area contributed by atoms with Crippen LogP contribution in [0.3, 0.4) is 0 Å². The highest BCUT2D eigenvalue weighted by molar-refractivity contribution is 8.21. The minimum atomic E-state index is -0.120. The number of hydrogen-bond donors (Lipinski definition) is 0. The number of carbonyl (C=O) groups excluding carboxylic acids is 1. The first-order valence-electron chi connectivity index (χ1n) is 4.94.